The van der Waals surface area contributed by atoms with Crippen LogP contribution in [-0.4, -0.2) is 19.6 Å². The van der Waals surface area contributed by atoms with Crippen LogP contribution >= 0.6 is 0 Å². The molecule has 0 heterocycles. The monoisotopic (exact) mass is 282 g/mol. The number of benzene rings is 1. The van der Waals surface area contributed by atoms with E-state index in [-0.39, 0.29) is 17.8 Å². The van der Waals surface area contributed by atoms with Crippen LogP contribution in [0.25, 0.3) is 0 Å². The molecule has 0 radical (unpaired) electrons. The minimum atomic E-state index is -0.348. The van der Waals surface area contributed by atoms with Crippen LogP contribution in [0.1, 0.15) is 38.3 Å². The Kier molecular flexibility index (Phi) is 6.45. The Labute approximate surface area is 119 Å². The maximum atomic E-state index is 13.3. The van der Waals surface area contributed by atoms with Crippen molar-refractivity contribution in [2.75, 3.05) is 13.7 Å². The molecule has 1 aromatic carbocycles. The number of hydrogen-bond donors (Lipinski definition) is 2. The highest BCUT2D eigenvalue weighted by Crippen LogP contribution is 2.25. The smallest absolute Gasteiger partial charge is 0.220 e. The number of carbonyl (C=O) groups is 1. The second kappa shape index (κ2) is 7.85. The molecule has 0 saturated heterocycles. The van der Waals surface area contributed by atoms with Crippen LogP contribution in [0.4, 0.5) is 4.39 Å². The molecule has 112 valence electrons. The molecule has 0 aromatic heterocycles. The zero-order chi connectivity index (χ0) is 15.1. The summed E-state index contributed by atoms with van der Waals surface area (Å²) in [5, 5.41) is 2.85. The number of nitrogens with two attached hydrogens (primary N) is 1. The highest BCUT2D eigenvalue weighted by Gasteiger charge is 2.15. The molecule has 4 nitrogen and oxygen atoms in total. The minimum Gasteiger partial charge on any atom is -0.496 e. The van der Waals surface area contributed by atoms with E-state index in [2.05, 4.69) is 5.32 Å². The van der Waals surface area contributed by atoms with Crippen LogP contribution in [-0.2, 0) is 4.79 Å². The van der Waals surface area contributed by atoms with Crippen LogP contribution < -0.4 is 15.8 Å². The molecule has 1 aromatic rings. The van der Waals surface area contributed by atoms with Crippen LogP contribution in [0.5, 0.6) is 5.75 Å². The van der Waals surface area contributed by atoms with Crippen LogP contribution in [0.15, 0.2) is 18.2 Å². The molecule has 0 aliphatic carbocycles. The molecule has 0 spiro atoms. The van der Waals surface area contributed by atoms with Gasteiger partial charge in [-0.1, -0.05) is 6.92 Å². The Balaban J connectivity index is 2.64. The van der Waals surface area contributed by atoms with Gasteiger partial charge in [0.05, 0.1) is 13.2 Å². The summed E-state index contributed by atoms with van der Waals surface area (Å²) < 4.78 is 18.5. The van der Waals surface area contributed by atoms with E-state index in [1.54, 1.807) is 6.07 Å². The molecular weight excluding hydrogens is 259 g/mol. The van der Waals surface area contributed by atoms with E-state index in [9.17, 15) is 9.18 Å². The molecule has 0 saturated carbocycles. The van der Waals surface area contributed by atoms with Gasteiger partial charge in [-0.25, -0.2) is 4.39 Å². The lowest BCUT2D eigenvalue weighted by molar-refractivity contribution is -0.122. The van der Waals surface area contributed by atoms with Crippen LogP contribution in [0.3, 0.4) is 0 Å². The molecule has 3 N–H and O–H groups in total. The summed E-state index contributed by atoms with van der Waals surface area (Å²) in [6, 6.07) is 3.97. The number of hydrogen-bond acceptors (Lipinski definition) is 3. The van der Waals surface area contributed by atoms with E-state index in [0.29, 0.717) is 30.2 Å². The summed E-state index contributed by atoms with van der Waals surface area (Å²) in [5.74, 6) is 0.469. The summed E-state index contributed by atoms with van der Waals surface area (Å²) >= 11 is 0. The number of nitrogens with one attached hydrogen (secondary N) is 1. The lowest BCUT2D eigenvalue weighted by Crippen LogP contribution is -2.27. The predicted molar refractivity (Wildman–Crippen MR) is 77.0 cm³/mol. The molecule has 2 atom stereocenters. The van der Waals surface area contributed by atoms with Crippen molar-refractivity contribution < 1.29 is 13.9 Å². The highest BCUT2D eigenvalue weighted by atomic mass is 19.1. The van der Waals surface area contributed by atoms with Gasteiger partial charge in [-0.2, -0.15) is 0 Å². The van der Waals surface area contributed by atoms with Crippen LogP contribution in [0, 0.1) is 11.7 Å². The third-order valence-corrected chi connectivity index (χ3v) is 3.30. The van der Waals surface area contributed by atoms with Crippen molar-refractivity contribution in [1.29, 1.82) is 0 Å². The first-order valence-electron chi connectivity index (χ1n) is 6.80. The van der Waals surface area contributed by atoms with Crippen LogP contribution in [0.2, 0.25) is 0 Å². The van der Waals surface area contributed by atoms with Crippen molar-refractivity contribution in [3.8, 4) is 5.75 Å². The lowest BCUT2D eigenvalue weighted by atomic mass is 10.0. The summed E-state index contributed by atoms with van der Waals surface area (Å²) in [7, 11) is 1.52. The zero-order valence-corrected chi connectivity index (χ0v) is 12.3. The summed E-state index contributed by atoms with van der Waals surface area (Å²) in [6.07, 6.45) is 1.16. The highest BCUT2D eigenvalue weighted by molar-refractivity contribution is 5.76. The standard InChI is InChI=1S/C15H23FN2O2/c1-10(9-17)4-7-15(19)18-11(2)13-8-12(16)5-6-14(13)20-3/h5-6,8,10-11H,4,7,9,17H2,1-3H3,(H,18,19). The number of methoxy groups -OCH3 is 1. The van der Waals surface area contributed by atoms with Crippen molar-refractivity contribution in [3.63, 3.8) is 0 Å². The lowest BCUT2D eigenvalue weighted by Gasteiger charge is -2.18. The van der Waals surface area contributed by atoms with E-state index in [1.807, 2.05) is 13.8 Å². The van der Waals surface area contributed by atoms with E-state index in [0.717, 1.165) is 6.42 Å². The molecular formula is C15H23FN2O2. The van der Waals surface area contributed by atoms with Gasteiger partial charge < -0.3 is 15.8 Å². The third kappa shape index (κ3) is 4.81. The predicted octanol–water partition coefficient (Wildman–Crippen LogP) is 2.39. The Bertz CT molecular complexity index is 451. The molecule has 0 aliphatic rings. The van der Waals surface area contributed by atoms with Gasteiger partial charge >= 0.3 is 0 Å². The van der Waals surface area contributed by atoms with Crippen molar-refractivity contribution in [2.24, 2.45) is 11.7 Å². The van der Waals surface area contributed by atoms with Gasteiger partial charge in [-0.05, 0) is 44.0 Å². The van der Waals surface area contributed by atoms with Gasteiger partial charge in [-0.15, -0.1) is 0 Å². The number of rotatable bonds is 7. The normalized spacial score (nSPS) is 13.7. The fraction of sp³-hybridized carbons (Fsp3) is 0.533. The van der Waals surface area contributed by atoms with E-state index in [4.69, 9.17) is 10.5 Å². The van der Waals surface area contributed by atoms with Crippen molar-refractivity contribution in [2.45, 2.75) is 32.7 Å². The quantitative estimate of drug-likeness (QED) is 0.807. The Hall–Kier alpha value is -1.62. The van der Waals surface area contributed by atoms with Crippen molar-refractivity contribution in [3.05, 3.63) is 29.6 Å². The average Bonchev–Trinajstić information content (AvgIpc) is 2.44. The average molecular weight is 282 g/mol. The van der Waals surface area contributed by atoms with E-state index in [1.165, 1.54) is 19.2 Å². The second-order valence-electron chi connectivity index (χ2n) is 5.06. The summed E-state index contributed by atoms with van der Waals surface area (Å²) in [4.78, 5) is 11.8. The first-order chi connectivity index (χ1) is 9.47. The number of halogens is 1. The maximum Gasteiger partial charge on any atom is 0.220 e. The number of amides is 1. The van der Waals surface area contributed by atoms with Gasteiger partial charge in [-0.3, -0.25) is 4.79 Å². The number of ether oxygens (including phenoxy) is 1. The summed E-state index contributed by atoms with van der Waals surface area (Å²) in [6.45, 7) is 4.38. The Morgan fingerprint density at radius 1 is 1.45 bits per heavy atom. The molecule has 2 unspecified atom stereocenters. The first kappa shape index (κ1) is 16.4. The second-order valence-corrected chi connectivity index (χ2v) is 5.06. The Morgan fingerprint density at radius 3 is 2.75 bits per heavy atom. The molecule has 1 rings (SSSR count). The number of carbonyl (C=O) groups excluding carboxylic acids is 1. The van der Waals surface area contributed by atoms with Crippen molar-refractivity contribution >= 4 is 5.91 Å². The minimum absolute atomic E-state index is 0.0656. The summed E-state index contributed by atoms with van der Waals surface area (Å²) in [5.41, 5.74) is 6.15. The third-order valence-electron chi connectivity index (χ3n) is 3.30. The first-order valence-corrected chi connectivity index (χ1v) is 6.80. The maximum absolute atomic E-state index is 13.3. The van der Waals surface area contributed by atoms with Gasteiger partial charge in [0, 0.05) is 12.0 Å². The van der Waals surface area contributed by atoms with Gasteiger partial charge in [0.2, 0.25) is 5.91 Å². The molecule has 5 heteroatoms. The fourth-order valence-electron chi connectivity index (χ4n) is 1.93. The van der Waals surface area contributed by atoms with Gasteiger partial charge in [0.15, 0.2) is 0 Å². The Morgan fingerprint density at radius 2 is 2.15 bits per heavy atom. The molecule has 1 amide bonds. The van der Waals surface area contributed by atoms with Gasteiger partial charge in [0.1, 0.15) is 11.6 Å². The van der Waals surface area contributed by atoms with E-state index >= 15 is 0 Å². The fourth-order valence-corrected chi connectivity index (χ4v) is 1.93. The van der Waals surface area contributed by atoms with E-state index < -0.39 is 0 Å². The molecule has 0 fully saturated rings. The zero-order valence-electron chi connectivity index (χ0n) is 12.3. The molecule has 0 bridgehead atoms. The SMILES string of the molecule is COc1ccc(F)cc1C(C)NC(=O)CCC(C)CN. The molecule has 20 heavy (non-hydrogen) atoms. The van der Waals surface area contributed by atoms with Crippen molar-refractivity contribution in [1.82, 2.24) is 5.32 Å². The van der Waals surface area contributed by atoms with Gasteiger partial charge in [0.25, 0.3) is 0 Å². The topological polar surface area (TPSA) is 64.3 Å². The molecule has 0 aliphatic heterocycles. The largest absolute Gasteiger partial charge is 0.496 e.